The van der Waals surface area contributed by atoms with E-state index in [2.05, 4.69) is 106 Å². The van der Waals surface area contributed by atoms with Crippen LogP contribution < -0.4 is 10.6 Å². The zero-order valence-corrected chi connectivity index (χ0v) is 20.5. The van der Waals surface area contributed by atoms with E-state index in [0.717, 1.165) is 6.42 Å². The van der Waals surface area contributed by atoms with Crippen molar-refractivity contribution < 1.29 is 17.1 Å². The summed E-state index contributed by atoms with van der Waals surface area (Å²) >= 11 is 0. The summed E-state index contributed by atoms with van der Waals surface area (Å²) in [6.45, 7) is 2.27. The van der Waals surface area contributed by atoms with Gasteiger partial charge in [-0.2, -0.15) is 0 Å². The normalized spacial score (nSPS) is 17.6. The number of nitrogens with zero attached hydrogens (tertiary/aromatic N) is 1. The summed E-state index contributed by atoms with van der Waals surface area (Å²) in [4.78, 5) is 2.34. The van der Waals surface area contributed by atoms with Gasteiger partial charge in [-0.15, -0.1) is 0 Å². The van der Waals surface area contributed by atoms with E-state index in [4.69, 9.17) is 0 Å². The molecule has 0 aliphatic heterocycles. The van der Waals surface area contributed by atoms with Crippen LogP contribution in [-0.2, 0) is 17.1 Å². The molecule has 2 aliphatic carbocycles. The standard InChI is InChI=1S/C22H25NP.C5H5.B.Fe/c1-4-21(23(2)3)20-16-11-17-22(20)24(18-12-7-5-8-13-18)19-14-9-6-10-15-19;1-2-4-5-3-1;;/h5-17,21H,4H2,1-3H3;1-5H;;/q;;;+2/t21-;;;/m1.../s1. The Morgan fingerprint density at radius 2 is 1.16 bits per heavy atom. The van der Waals surface area contributed by atoms with Gasteiger partial charge in [0.05, 0.1) is 0 Å². The van der Waals surface area contributed by atoms with Gasteiger partial charge in [0.15, 0.2) is 0 Å². The summed E-state index contributed by atoms with van der Waals surface area (Å²) in [5, 5.41) is 2.83. The first-order valence-corrected chi connectivity index (χ1v) is 11.6. The molecule has 13 radical (unpaired) electrons. The molecule has 2 saturated carbocycles. The van der Waals surface area contributed by atoms with Crippen molar-refractivity contribution in [3.05, 3.63) is 124 Å². The van der Waals surface area contributed by atoms with E-state index in [9.17, 15) is 0 Å². The van der Waals surface area contributed by atoms with E-state index < -0.39 is 7.92 Å². The van der Waals surface area contributed by atoms with Gasteiger partial charge in [0.25, 0.3) is 0 Å². The fourth-order valence-electron chi connectivity index (χ4n) is 3.68. The van der Waals surface area contributed by atoms with Crippen LogP contribution in [-0.4, -0.2) is 33.5 Å². The van der Waals surface area contributed by atoms with Crippen LogP contribution in [0.25, 0.3) is 0 Å². The average molecular weight is 466 g/mol. The summed E-state index contributed by atoms with van der Waals surface area (Å²) in [6.07, 6.45) is 18.0. The van der Waals surface area contributed by atoms with Crippen molar-refractivity contribution in [3.8, 4) is 0 Å². The number of rotatable bonds is 6. The van der Waals surface area contributed by atoms with Crippen molar-refractivity contribution in [1.29, 1.82) is 0 Å². The Hall–Kier alpha value is -0.586. The zero-order chi connectivity index (χ0) is 20.5. The summed E-state index contributed by atoms with van der Waals surface area (Å²) in [5.74, 6) is 1.47. The molecule has 157 valence electrons. The fourth-order valence-corrected chi connectivity index (χ4v) is 6.19. The molecule has 0 amide bonds. The Morgan fingerprint density at radius 3 is 1.55 bits per heavy atom. The van der Waals surface area contributed by atoms with Crippen LogP contribution in [0.3, 0.4) is 0 Å². The van der Waals surface area contributed by atoms with Gasteiger partial charge in [-0.1, -0.05) is 67.6 Å². The van der Waals surface area contributed by atoms with E-state index in [1.165, 1.54) is 22.2 Å². The molecule has 0 heterocycles. The summed E-state index contributed by atoms with van der Waals surface area (Å²) < 4.78 is 0. The molecule has 0 spiro atoms. The first-order chi connectivity index (χ1) is 14.2. The van der Waals surface area contributed by atoms with E-state index >= 15 is 0 Å². The van der Waals surface area contributed by atoms with E-state index in [-0.39, 0.29) is 25.5 Å². The maximum atomic E-state index is 2.34. The maximum absolute atomic E-state index is 2.34. The smallest absolute Gasteiger partial charge is 0.306 e. The largest absolute Gasteiger partial charge is 2.00 e. The van der Waals surface area contributed by atoms with Crippen molar-refractivity contribution in [1.82, 2.24) is 4.90 Å². The summed E-state index contributed by atoms with van der Waals surface area (Å²) in [5.41, 5.74) is 1.49. The fraction of sp³-hybridized carbons (Fsp3) is 0.185. The Labute approximate surface area is 205 Å². The molecule has 0 unspecified atom stereocenters. The van der Waals surface area contributed by atoms with Crippen molar-refractivity contribution in [2.45, 2.75) is 19.4 Å². The van der Waals surface area contributed by atoms with E-state index in [1.807, 2.05) is 32.1 Å². The van der Waals surface area contributed by atoms with Gasteiger partial charge in [0.2, 0.25) is 0 Å². The number of benzene rings is 2. The van der Waals surface area contributed by atoms with Gasteiger partial charge in [0, 0.05) is 26.0 Å². The van der Waals surface area contributed by atoms with Gasteiger partial charge in [-0.25, -0.2) is 0 Å². The van der Waals surface area contributed by atoms with Gasteiger partial charge in [-0.3, -0.25) is 0 Å². The first kappa shape index (κ1) is 28.4. The Balaban J connectivity index is 0.000000606. The molecule has 31 heavy (non-hydrogen) atoms. The first-order valence-electron chi connectivity index (χ1n) is 10.2. The molecule has 2 aromatic rings. The van der Waals surface area contributed by atoms with E-state index in [0.29, 0.717) is 6.04 Å². The molecule has 0 aromatic heterocycles. The Morgan fingerprint density at radius 1 is 0.710 bits per heavy atom. The van der Waals surface area contributed by atoms with Crippen LogP contribution in [0.4, 0.5) is 0 Å². The molecule has 0 N–H and O–H groups in total. The molecule has 2 aromatic carbocycles. The van der Waals surface area contributed by atoms with Crippen LogP contribution in [0, 0.1) is 62.9 Å². The molecular formula is C27H30BFeNP+2. The van der Waals surface area contributed by atoms with Gasteiger partial charge < -0.3 is 4.90 Å². The van der Waals surface area contributed by atoms with Crippen LogP contribution >= 0.6 is 7.92 Å². The third kappa shape index (κ3) is 8.05. The maximum Gasteiger partial charge on any atom is 2.00 e. The second kappa shape index (κ2) is 15.3. The van der Waals surface area contributed by atoms with Crippen molar-refractivity contribution in [2.24, 2.45) is 0 Å². The van der Waals surface area contributed by atoms with E-state index in [1.54, 1.807) is 0 Å². The zero-order valence-electron chi connectivity index (χ0n) is 18.5. The minimum atomic E-state index is -0.519. The van der Waals surface area contributed by atoms with Gasteiger partial charge in [0.1, 0.15) is 0 Å². The van der Waals surface area contributed by atoms with Crippen LogP contribution in [0.2, 0.25) is 0 Å². The second-order valence-electron chi connectivity index (χ2n) is 7.22. The molecule has 0 saturated heterocycles. The summed E-state index contributed by atoms with van der Waals surface area (Å²) in [7, 11) is 3.84. The molecule has 1 nitrogen and oxygen atoms in total. The molecule has 4 rings (SSSR count). The molecule has 2 aliphatic rings. The van der Waals surface area contributed by atoms with Gasteiger partial charge >= 0.3 is 17.1 Å². The minimum Gasteiger partial charge on any atom is -0.306 e. The molecule has 1 atom stereocenters. The Kier molecular flexibility index (Phi) is 14.0. The summed E-state index contributed by atoms with van der Waals surface area (Å²) in [6, 6.07) is 22.4. The van der Waals surface area contributed by atoms with Crippen molar-refractivity contribution in [3.63, 3.8) is 0 Å². The van der Waals surface area contributed by atoms with Crippen LogP contribution in [0.5, 0.6) is 0 Å². The predicted molar refractivity (Wildman–Crippen MR) is 133 cm³/mol. The topological polar surface area (TPSA) is 3.24 Å². The monoisotopic (exact) mass is 466 g/mol. The molecule has 4 heteroatoms. The SMILES string of the molecule is CC[C@H]([C]1[CH][CH][CH][C]1P(c1ccccc1)c1ccccc1)N(C)C.[B].[CH]1[CH][CH][CH][CH]1.[Fe+2]. The van der Waals surface area contributed by atoms with Crippen molar-refractivity contribution in [2.75, 3.05) is 14.1 Å². The van der Waals surface area contributed by atoms with Crippen LogP contribution in [0.1, 0.15) is 13.3 Å². The minimum absolute atomic E-state index is 0. The predicted octanol–water partition coefficient (Wildman–Crippen LogP) is 4.83. The van der Waals surface area contributed by atoms with Crippen LogP contribution in [0.15, 0.2) is 60.7 Å². The Bertz CT molecular complexity index is 646. The number of hydrogen-bond donors (Lipinski definition) is 0. The van der Waals surface area contributed by atoms with Gasteiger partial charge in [-0.05, 0) is 90.4 Å². The molecule has 0 bridgehead atoms. The third-order valence-electron chi connectivity index (χ3n) is 5.02. The quantitative estimate of drug-likeness (QED) is 0.436. The second-order valence-corrected chi connectivity index (χ2v) is 9.41. The number of hydrogen-bond acceptors (Lipinski definition) is 1. The third-order valence-corrected chi connectivity index (χ3v) is 7.54. The molecule has 2 fully saturated rings. The molecular weight excluding hydrogens is 436 g/mol. The average Bonchev–Trinajstić information content (AvgIpc) is 3.46. The van der Waals surface area contributed by atoms with Crippen molar-refractivity contribution >= 4 is 26.9 Å².